The van der Waals surface area contributed by atoms with Gasteiger partial charge < -0.3 is 29.3 Å². The number of urea groups is 1. The van der Waals surface area contributed by atoms with E-state index in [1.807, 2.05) is 25.9 Å². The molecule has 1 saturated heterocycles. The highest BCUT2D eigenvalue weighted by molar-refractivity contribution is 7.78. The first-order valence-corrected chi connectivity index (χ1v) is 16.6. The van der Waals surface area contributed by atoms with E-state index in [0.717, 1.165) is 25.6 Å². The smallest absolute Gasteiger partial charge is 0.333 e. The summed E-state index contributed by atoms with van der Waals surface area (Å²) in [4.78, 5) is 26.8. The predicted molar refractivity (Wildman–Crippen MR) is 122 cm³/mol. The van der Waals surface area contributed by atoms with Crippen LogP contribution in [0.15, 0.2) is 11.8 Å². The molecule has 0 aliphatic carbocycles. The largest absolute Gasteiger partial charge is 0.387 e. The molecule has 2 rings (SSSR count). The Morgan fingerprint density at radius 3 is 2.24 bits per heavy atom. The lowest BCUT2D eigenvalue weighted by Crippen LogP contribution is -2.58. The van der Waals surface area contributed by atoms with Crippen molar-refractivity contribution in [3.63, 3.8) is 0 Å². The van der Waals surface area contributed by atoms with Gasteiger partial charge in [0.05, 0.1) is 6.61 Å². The predicted octanol–water partition coefficient (Wildman–Crippen LogP) is 1.21. The van der Waals surface area contributed by atoms with Gasteiger partial charge in [0.15, 0.2) is 6.23 Å². The van der Waals surface area contributed by atoms with Crippen molar-refractivity contribution in [2.75, 3.05) is 53.6 Å². The zero-order valence-electron chi connectivity index (χ0n) is 19.8. The Hall–Kier alpha value is -0.580. The van der Waals surface area contributed by atoms with Gasteiger partial charge in [-0.3, -0.25) is 27.8 Å². The zero-order valence-corrected chi connectivity index (χ0v) is 22.4. The third kappa shape index (κ3) is 7.21. The summed E-state index contributed by atoms with van der Waals surface area (Å²) in [5.74, 6) is -0.672. The van der Waals surface area contributed by atoms with Gasteiger partial charge >= 0.3 is 13.6 Å². The minimum absolute atomic E-state index is 0.290. The van der Waals surface area contributed by atoms with Crippen molar-refractivity contribution in [3.8, 4) is 0 Å². The maximum absolute atomic E-state index is 12.9. The summed E-state index contributed by atoms with van der Waals surface area (Å²) in [7, 11) is -6.15. The number of carbonyl (C=O) groups excluding carboxylic acids is 1. The highest BCUT2D eigenvalue weighted by Crippen LogP contribution is 2.65. The molecule has 2 aliphatic rings. The van der Waals surface area contributed by atoms with E-state index in [-0.39, 0.29) is 6.17 Å². The fourth-order valence-corrected chi connectivity index (χ4v) is 11.6. The number of hydrogen-bond donors (Lipinski definition) is 3. The van der Waals surface area contributed by atoms with E-state index in [4.69, 9.17) is 13.6 Å². The number of likely N-dealkylation sites (N-methyl/N-ethyl adjacent to an activating group) is 2. The van der Waals surface area contributed by atoms with Crippen LogP contribution in [0.3, 0.4) is 0 Å². The van der Waals surface area contributed by atoms with Crippen LogP contribution in [0.25, 0.3) is 0 Å². The van der Waals surface area contributed by atoms with Gasteiger partial charge in [-0.15, -0.1) is 0 Å². The number of hydrogen-bond acceptors (Lipinski definition) is 10. The number of nitrogens with zero attached hydrogens (tertiary/aromatic N) is 3. The maximum Gasteiger partial charge on any atom is 0.333 e. The van der Waals surface area contributed by atoms with E-state index >= 15 is 0 Å². The Kier molecular flexibility index (Phi) is 8.85. The lowest BCUT2D eigenvalue weighted by molar-refractivity contribution is -0.0715. The average Bonchev–Trinajstić information content (AvgIpc) is 2.88. The van der Waals surface area contributed by atoms with Crippen LogP contribution < -0.4 is 0 Å². The molecule has 0 radical (unpaired) electrons. The van der Waals surface area contributed by atoms with Crippen LogP contribution in [-0.4, -0.2) is 120 Å². The van der Waals surface area contributed by atoms with Gasteiger partial charge in [-0.25, -0.2) is 4.79 Å². The summed E-state index contributed by atoms with van der Waals surface area (Å²) in [6, 6.07) is -0.457. The van der Waals surface area contributed by atoms with Crippen LogP contribution in [0.5, 0.6) is 0 Å². The Morgan fingerprint density at radius 1 is 1.15 bits per heavy atom. The molecular weight excluding hydrogens is 499 g/mol. The molecule has 6 unspecified atom stereocenters. The Balaban J connectivity index is 2.09. The van der Waals surface area contributed by atoms with E-state index in [0.29, 0.717) is 0 Å². The van der Waals surface area contributed by atoms with Crippen LogP contribution in [0.4, 0.5) is 4.79 Å². The summed E-state index contributed by atoms with van der Waals surface area (Å²) < 4.78 is 52.4. The van der Waals surface area contributed by atoms with Crippen LogP contribution >= 0.6 is 22.3 Å². The van der Waals surface area contributed by atoms with Crippen LogP contribution in [0, 0.1) is 0 Å². The van der Waals surface area contributed by atoms with Gasteiger partial charge in [-0.2, -0.15) is 0 Å². The zero-order chi connectivity index (χ0) is 25.5. The molecule has 8 atom stereocenters. The van der Waals surface area contributed by atoms with Crippen molar-refractivity contribution in [2.45, 2.75) is 37.6 Å². The quantitative estimate of drug-likeness (QED) is 0.365. The maximum atomic E-state index is 12.9. The molecule has 3 N–H and O–H groups in total. The summed E-state index contributed by atoms with van der Waals surface area (Å²) in [6.45, 7) is 4.43. The molecule has 192 valence electrons. The third-order valence-corrected chi connectivity index (χ3v) is 12.4. The van der Waals surface area contributed by atoms with E-state index in [1.165, 1.54) is 16.0 Å². The molecule has 13 nitrogen and oxygen atoms in total. The van der Waals surface area contributed by atoms with Crippen molar-refractivity contribution >= 4 is 28.4 Å². The summed E-state index contributed by atoms with van der Waals surface area (Å²) in [5.41, 5.74) is 0.800. The first kappa shape index (κ1) is 28.7. The molecule has 2 amide bonds. The molecule has 2 aliphatic heterocycles. The molecule has 0 aromatic carbocycles. The van der Waals surface area contributed by atoms with E-state index in [1.54, 1.807) is 7.05 Å². The second kappa shape index (κ2) is 10.2. The first-order chi connectivity index (χ1) is 14.9. The van der Waals surface area contributed by atoms with E-state index in [2.05, 4.69) is 0 Å². The minimum atomic E-state index is -3.98. The lowest BCUT2D eigenvalue weighted by atomic mass is 10.1. The molecule has 0 aromatic heterocycles. The number of ether oxygens (including phenoxy) is 1. The molecule has 2 heterocycles. The Bertz CT molecular complexity index is 922. The number of aliphatic hydroxyl groups excluding tert-OH is 2. The normalized spacial score (nSPS) is 34.1. The molecule has 0 spiro atoms. The van der Waals surface area contributed by atoms with Crippen molar-refractivity contribution < 1.29 is 47.2 Å². The van der Waals surface area contributed by atoms with Crippen LogP contribution in [-0.2, 0) is 27.3 Å². The molecular formula is C17H34N3O10P3. The second-order valence-corrected chi connectivity index (χ2v) is 16.6. The SMILES string of the molecule is CC1=CN([C@@H]2O[C@H](COP(C)(=O)OP(C)(=O)CP(C)(=O)O)C(O)C2O)C(=O)N(C)C1N(C)C. The van der Waals surface area contributed by atoms with Gasteiger partial charge in [0, 0.05) is 33.2 Å². The molecule has 16 heteroatoms. The number of amides is 2. The summed E-state index contributed by atoms with van der Waals surface area (Å²) >= 11 is 0. The lowest BCUT2D eigenvalue weighted by Gasteiger charge is -2.42. The topological polar surface area (TPSA) is 166 Å². The number of rotatable bonds is 9. The van der Waals surface area contributed by atoms with Crippen molar-refractivity contribution in [3.05, 3.63) is 11.8 Å². The van der Waals surface area contributed by atoms with Gasteiger partial charge in [0.1, 0.15) is 30.4 Å². The van der Waals surface area contributed by atoms with Gasteiger partial charge in [0.25, 0.3) is 0 Å². The third-order valence-electron chi connectivity index (χ3n) is 5.05. The second-order valence-electron chi connectivity index (χ2n) is 8.91. The first-order valence-electron chi connectivity index (χ1n) is 10.1. The summed E-state index contributed by atoms with van der Waals surface area (Å²) in [6.07, 6.45) is -4.11. The van der Waals surface area contributed by atoms with E-state index < -0.39 is 65.4 Å². The van der Waals surface area contributed by atoms with Crippen LogP contribution in [0.1, 0.15) is 6.92 Å². The molecule has 0 aromatic rings. The Labute approximate surface area is 193 Å². The fraction of sp³-hybridized carbons (Fsp3) is 0.824. The molecule has 0 bridgehead atoms. The highest BCUT2D eigenvalue weighted by Gasteiger charge is 2.49. The monoisotopic (exact) mass is 533 g/mol. The molecule has 1 fully saturated rings. The van der Waals surface area contributed by atoms with Gasteiger partial charge in [-0.1, -0.05) is 0 Å². The Morgan fingerprint density at radius 2 is 1.73 bits per heavy atom. The van der Waals surface area contributed by atoms with Gasteiger partial charge in [-0.05, 0) is 26.6 Å². The van der Waals surface area contributed by atoms with E-state index in [9.17, 15) is 33.6 Å². The fourth-order valence-electron chi connectivity index (χ4n) is 4.01. The molecule has 33 heavy (non-hydrogen) atoms. The van der Waals surface area contributed by atoms with Crippen LogP contribution in [0.2, 0.25) is 0 Å². The number of aliphatic hydroxyl groups is 2. The number of carbonyl (C=O) groups is 1. The summed E-state index contributed by atoms with van der Waals surface area (Å²) in [5, 5.41) is 20.9. The van der Waals surface area contributed by atoms with Crippen molar-refractivity contribution in [1.82, 2.24) is 14.7 Å². The van der Waals surface area contributed by atoms with Gasteiger partial charge in [0.2, 0.25) is 14.7 Å². The average molecular weight is 533 g/mol. The standard InChI is InChI=1S/C17H34N3O10P3/c1-11-8-20(17(23)19(4)15(11)18(2)3)16-14(22)13(21)12(29-16)9-28-33(7,27)30-32(6,26)10-31(5,24)25/h8,12-16,21-22H,9-10H2,1-7H3,(H,24,25)/t12-,13?,14?,15?,16-,32?,33?/m1/s1. The minimum Gasteiger partial charge on any atom is -0.387 e. The van der Waals surface area contributed by atoms with Crippen molar-refractivity contribution in [2.24, 2.45) is 0 Å². The highest BCUT2D eigenvalue weighted by atomic mass is 31.3. The molecule has 0 saturated carbocycles. The van der Waals surface area contributed by atoms with Crippen molar-refractivity contribution in [1.29, 1.82) is 0 Å².